The Bertz CT molecular complexity index is 642. The third-order valence-electron chi connectivity index (χ3n) is 4.60. The molecule has 1 amide bonds. The number of halogens is 1. The van der Waals surface area contributed by atoms with Crippen LogP contribution in [0.15, 0.2) is 28.3 Å². The Morgan fingerprint density at radius 2 is 2.13 bits per heavy atom. The molecule has 1 aromatic carbocycles. The minimum Gasteiger partial charge on any atom is -0.492 e. The van der Waals surface area contributed by atoms with Crippen molar-refractivity contribution < 1.29 is 9.53 Å². The van der Waals surface area contributed by atoms with Gasteiger partial charge in [-0.05, 0) is 53.5 Å². The molecule has 0 fully saturated rings. The number of hydrogen-bond acceptors (Lipinski definition) is 3. The van der Waals surface area contributed by atoms with Crippen LogP contribution in [0.25, 0.3) is 0 Å². The number of anilines is 1. The second-order valence-corrected chi connectivity index (χ2v) is 7.16. The van der Waals surface area contributed by atoms with Gasteiger partial charge in [-0.15, -0.1) is 0 Å². The van der Waals surface area contributed by atoms with Gasteiger partial charge in [0.2, 0.25) is 5.91 Å². The Kier molecular flexibility index (Phi) is 5.07. The Balaban J connectivity index is 1.62. The molecule has 0 radical (unpaired) electrons. The zero-order chi connectivity index (χ0) is 16.4. The third kappa shape index (κ3) is 3.78. The number of rotatable bonds is 4. The van der Waals surface area contributed by atoms with Crippen molar-refractivity contribution in [1.29, 1.82) is 0 Å². The number of likely N-dealkylation sites (N-methyl/N-ethyl adjacent to an activating group) is 1. The number of carbonyl (C=O) groups excluding carboxylic acids is 1. The highest BCUT2D eigenvalue weighted by molar-refractivity contribution is 9.10. The van der Waals surface area contributed by atoms with E-state index in [0.29, 0.717) is 6.61 Å². The monoisotopic (exact) mass is 378 g/mol. The molecule has 0 aliphatic carbocycles. The molecule has 0 unspecified atom stereocenters. The van der Waals surface area contributed by atoms with Gasteiger partial charge in [0.1, 0.15) is 5.75 Å². The van der Waals surface area contributed by atoms with Crippen LogP contribution in [0.4, 0.5) is 5.69 Å². The predicted molar refractivity (Wildman–Crippen MR) is 96.2 cm³/mol. The summed E-state index contributed by atoms with van der Waals surface area (Å²) < 4.78 is 6.90. The van der Waals surface area contributed by atoms with E-state index in [2.05, 4.69) is 40.0 Å². The quantitative estimate of drug-likeness (QED) is 0.752. The van der Waals surface area contributed by atoms with E-state index in [1.165, 1.54) is 11.1 Å². The molecular formula is C18H23BrN2O2. The van der Waals surface area contributed by atoms with Gasteiger partial charge in [-0.1, -0.05) is 11.6 Å². The Morgan fingerprint density at radius 3 is 2.83 bits per heavy atom. The third-order valence-corrected chi connectivity index (χ3v) is 5.22. The van der Waals surface area contributed by atoms with Gasteiger partial charge in [-0.3, -0.25) is 4.79 Å². The molecule has 23 heavy (non-hydrogen) atoms. The van der Waals surface area contributed by atoms with E-state index in [4.69, 9.17) is 4.74 Å². The van der Waals surface area contributed by atoms with E-state index in [9.17, 15) is 4.79 Å². The summed E-state index contributed by atoms with van der Waals surface area (Å²) in [6.07, 6.45) is 5.33. The molecular weight excluding hydrogens is 356 g/mol. The van der Waals surface area contributed by atoms with E-state index in [1.807, 2.05) is 11.0 Å². The minimum absolute atomic E-state index is 0.0959. The van der Waals surface area contributed by atoms with Crippen LogP contribution in [0, 0.1) is 0 Å². The smallest absolute Gasteiger partial charge is 0.223 e. The van der Waals surface area contributed by atoms with Crippen LogP contribution in [-0.2, 0) is 11.2 Å². The highest BCUT2D eigenvalue weighted by Crippen LogP contribution is 2.37. The molecule has 0 saturated carbocycles. The molecule has 0 spiro atoms. The molecule has 5 heteroatoms. The van der Waals surface area contributed by atoms with Crippen molar-refractivity contribution in [3.05, 3.63) is 33.8 Å². The lowest BCUT2D eigenvalue weighted by molar-refractivity contribution is -0.116. The van der Waals surface area contributed by atoms with Crippen molar-refractivity contribution in [2.75, 3.05) is 38.2 Å². The molecule has 2 aliphatic rings. The van der Waals surface area contributed by atoms with Gasteiger partial charge in [-0.2, -0.15) is 0 Å². The molecule has 4 nitrogen and oxygen atoms in total. The summed E-state index contributed by atoms with van der Waals surface area (Å²) in [5.41, 5.74) is 3.69. The SMILES string of the molecule is CC(=O)N1CCc2cc(OCCC3=CCN(C)CC3)c(Br)cc21. The molecule has 0 aromatic heterocycles. The largest absolute Gasteiger partial charge is 0.492 e. The molecule has 1 aromatic rings. The van der Waals surface area contributed by atoms with Gasteiger partial charge in [0, 0.05) is 38.7 Å². The average Bonchev–Trinajstić information content (AvgIpc) is 2.92. The van der Waals surface area contributed by atoms with Crippen molar-refractivity contribution in [2.24, 2.45) is 0 Å². The van der Waals surface area contributed by atoms with Crippen LogP contribution >= 0.6 is 15.9 Å². The van der Waals surface area contributed by atoms with E-state index in [0.717, 1.165) is 54.8 Å². The highest BCUT2D eigenvalue weighted by atomic mass is 79.9. The lowest BCUT2D eigenvalue weighted by Gasteiger charge is -2.22. The topological polar surface area (TPSA) is 32.8 Å². The average molecular weight is 379 g/mol. The fourth-order valence-corrected chi connectivity index (χ4v) is 3.60. The van der Waals surface area contributed by atoms with Gasteiger partial charge in [0.05, 0.1) is 11.1 Å². The lowest BCUT2D eigenvalue weighted by Crippen LogP contribution is -2.25. The van der Waals surface area contributed by atoms with Crippen LogP contribution in [0.1, 0.15) is 25.3 Å². The molecule has 2 heterocycles. The number of amides is 1. The van der Waals surface area contributed by atoms with E-state index in [-0.39, 0.29) is 5.91 Å². The van der Waals surface area contributed by atoms with E-state index >= 15 is 0 Å². The summed E-state index contributed by atoms with van der Waals surface area (Å²) in [5, 5.41) is 0. The number of carbonyl (C=O) groups is 1. The van der Waals surface area contributed by atoms with E-state index in [1.54, 1.807) is 6.92 Å². The summed E-state index contributed by atoms with van der Waals surface area (Å²) in [6, 6.07) is 4.08. The molecule has 3 rings (SSSR count). The summed E-state index contributed by atoms with van der Waals surface area (Å²) in [5.74, 6) is 0.973. The van der Waals surface area contributed by atoms with Crippen molar-refractivity contribution in [3.8, 4) is 5.75 Å². The molecule has 0 bridgehead atoms. The lowest BCUT2D eigenvalue weighted by atomic mass is 10.1. The first kappa shape index (κ1) is 16.5. The maximum atomic E-state index is 11.6. The number of fused-ring (bicyclic) bond motifs is 1. The van der Waals surface area contributed by atoms with Gasteiger partial charge in [-0.25, -0.2) is 0 Å². The zero-order valence-electron chi connectivity index (χ0n) is 13.8. The molecule has 0 N–H and O–H groups in total. The Hall–Kier alpha value is -1.33. The molecule has 2 aliphatic heterocycles. The number of hydrogen-bond donors (Lipinski definition) is 0. The summed E-state index contributed by atoms with van der Waals surface area (Å²) >= 11 is 3.58. The molecule has 0 saturated heterocycles. The van der Waals surface area contributed by atoms with Gasteiger partial charge in [0.15, 0.2) is 0 Å². The van der Waals surface area contributed by atoms with Crippen LogP contribution in [0.2, 0.25) is 0 Å². The maximum absolute atomic E-state index is 11.6. The first-order valence-electron chi connectivity index (χ1n) is 8.14. The summed E-state index contributed by atoms with van der Waals surface area (Å²) in [4.78, 5) is 15.8. The van der Waals surface area contributed by atoms with Crippen molar-refractivity contribution in [2.45, 2.75) is 26.2 Å². The molecule has 124 valence electrons. The minimum atomic E-state index is 0.0959. The predicted octanol–water partition coefficient (Wildman–Crippen LogP) is 3.39. The first-order valence-corrected chi connectivity index (χ1v) is 8.93. The maximum Gasteiger partial charge on any atom is 0.223 e. The second kappa shape index (κ2) is 7.05. The Labute approximate surface area is 146 Å². The van der Waals surface area contributed by atoms with Crippen LogP contribution in [-0.4, -0.2) is 44.1 Å². The standard InChI is InChI=1S/C18H23BrN2O2/c1-13(22)21-9-5-15-11-18(16(19)12-17(15)21)23-10-6-14-3-7-20(2)8-4-14/h3,11-12H,4-10H2,1-2H3. The van der Waals surface area contributed by atoms with Crippen LogP contribution in [0.5, 0.6) is 5.75 Å². The number of benzene rings is 1. The highest BCUT2D eigenvalue weighted by Gasteiger charge is 2.24. The van der Waals surface area contributed by atoms with Crippen LogP contribution in [0.3, 0.4) is 0 Å². The second-order valence-electron chi connectivity index (χ2n) is 6.31. The van der Waals surface area contributed by atoms with Gasteiger partial charge in [0.25, 0.3) is 0 Å². The van der Waals surface area contributed by atoms with Crippen molar-refractivity contribution in [1.82, 2.24) is 4.90 Å². The zero-order valence-corrected chi connectivity index (χ0v) is 15.4. The van der Waals surface area contributed by atoms with E-state index < -0.39 is 0 Å². The van der Waals surface area contributed by atoms with Crippen molar-refractivity contribution >= 4 is 27.5 Å². The van der Waals surface area contributed by atoms with Gasteiger partial charge < -0.3 is 14.5 Å². The van der Waals surface area contributed by atoms with Crippen molar-refractivity contribution in [3.63, 3.8) is 0 Å². The first-order chi connectivity index (χ1) is 11.0. The normalized spacial score (nSPS) is 17.9. The molecule has 0 atom stereocenters. The fraction of sp³-hybridized carbons (Fsp3) is 0.500. The van der Waals surface area contributed by atoms with Gasteiger partial charge >= 0.3 is 0 Å². The Morgan fingerprint density at radius 1 is 1.30 bits per heavy atom. The summed E-state index contributed by atoms with van der Waals surface area (Å²) in [6.45, 7) is 5.25. The number of nitrogens with zero attached hydrogens (tertiary/aromatic N) is 2. The fourth-order valence-electron chi connectivity index (χ4n) is 3.16. The number of ether oxygens (including phenoxy) is 1. The summed E-state index contributed by atoms with van der Waals surface area (Å²) in [7, 11) is 2.15. The van der Waals surface area contributed by atoms with Crippen LogP contribution < -0.4 is 9.64 Å².